The maximum atomic E-state index is 9.00. The van der Waals surface area contributed by atoms with Gasteiger partial charge in [-0.15, -0.1) is 0 Å². The van der Waals surface area contributed by atoms with Crippen LogP contribution in [0.15, 0.2) is 18.2 Å². The topological polar surface area (TPSA) is 47.3 Å². The highest BCUT2D eigenvalue weighted by Crippen LogP contribution is 2.20. The third kappa shape index (κ3) is 2.71. The van der Waals surface area contributed by atoms with Crippen LogP contribution in [0.5, 0.6) is 0 Å². The maximum absolute atomic E-state index is 9.00. The molecule has 0 aliphatic heterocycles. The van der Waals surface area contributed by atoms with Gasteiger partial charge in [0, 0.05) is 13.6 Å². The number of hydrogen-bond acceptors (Lipinski definition) is 3. The molecule has 1 aromatic carbocycles. The molecule has 1 rings (SSSR count). The second-order valence-corrected chi connectivity index (χ2v) is 3.54. The molecule has 0 saturated carbocycles. The molecule has 1 N–H and O–H groups in total. The van der Waals surface area contributed by atoms with E-state index in [1.807, 2.05) is 19.2 Å². The first-order valence-electron chi connectivity index (χ1n) is 5.08. The van der Waals surface area contributed by atoms with Crippen molar-refractivity contribution in [3.63, 3.8) is 0 Å². The van der Waals surface area contributed by atoms with E-state index in [0.29, 0.717) is 5.56 Å². The molecule has 0 radical (unpaired) electrons. The van der Waals surface area contributed by atoms with E-state index in [1.165, 1.54) is 0 Å². The minimum Gasteiger partial charge on any atom is -0.392 e. The third-order valence-electron chi connectivity index (χ3n) is 2.33. The van der Waals surface area contributed by atoms with Gasteiger partial charge in [0.1, 0.15) is 6.07 Å². The standard InChI is InChI=1S/C12H16N2O/c1-3-6-14(2)12-5-4-10(9-15)7-11(12)8-13/h4-5,7,15H,3,6,9H2,1-2H3. The molecule has 1 aromatic rings. The fraction of sp³-hybridized carbons (Fsp3) is 0.417. The molecule has 15 heavy (non-hydrogen) atoms. The van der Waals surface area contributed by atoms with Gasteiger partial charge in [-0.3, -0.25) is 0 Å². The highest BCUT2D eigenvalue weighted by atomic mass is 16.3. The minimum absolute atomic E-state index is 0.0214. The number of benzene rings is 1. The third-order valence-corrected chi connectivity index (χ3v) is 2.33. The number of rotatable bonds is 4. The van der Waals surface area contributed by atoms with Crippen LogP contribution in [-0.2, 0) is 6.61 Å². The minimum atomic E-state index is -0.0214. The normalized spacial score (nSPS) is 9.73. The summed E-state index contributed by atoms with van der Waals surface area (Å²) in [4.78, 5) is 2.06. The van der Waals surface area contributed by atoms with Crippen molar-refractivity contribution in [1.29, 1.82) is 5.26 Å². The zero-order valence-corrected chi connectivity index (χ0v) is 9.20. The van der Waals surface area contributed by atoms with Gasteiger partial charge in [-0.25, -0.2) is 0 Å². The largest absolute Gasteiger partial charge is 0.392 e. The van der Waals surface area contributed by atoms with Crippen molar-refractivity contribution in [1.82, 2.24) is 0 Å². The Kier molecular flexibility index (Phi) is 4.14. The predicted octanol–water partition coefficient (Wildman–Crippen LogP) is 1.90. The van der Waals surface area contributed by atoms with Crippen LogP contribution in [0.4, 0.5) is 5.69 Å². The second-order valence-electron chi connectivity index (χ2n) is 3.54. The van der Waals surface area contributed by atoms with E-state index in [2.05, 4.69) is 17.9 Å². The van der Waals surface area contributed by atoms with Crippen LogP contribution in [0.25, 0.3) is 0 Å². The van der Waals surface area contributed by atoms with Crippen molar-refractivity contribution in [3.05, 3.63) is 29.3 Å². The average molecular weight is 204 g/mol. The van der Waals surface area contributed by atoms with E-state index in [-0.39, 0.29) is 6.61 Å². The van der Waals surface area contributed by atoms with Crippen molar-refractivity contribution >= 4 is 5.69 Å². The number of aliphatic hydroxyl groups excluding tert-OH is 1. The predicted molar refractivity (Wildman–Crippen MR) is 60.6 cm³/mol. The highest BCUT2D eigenvalue weighted by Gasteiger charge is 2.06. The summed E-state index contributed by atoms with van der Waals surface area (Å²) in [5.41, 5.74) is 2.33. The molecule has 0 bridgehead atoms. The molecule has 0 spiro atoms. The molecule has 0 aliphatic carbocycles. The SMILES string of the molecule is CCCN(C)c1ccc(CO)cc1C#N. The Labute approximate surface area is 90.6 Å². The average Bonchev–Trinajstić information content (AvgIpc) is 2.28. The summed E-state index contributed by atoms with van der Waals surface area (Å²) in [6.45, 7) is 3.00. The Morgan fingerprint density at radius 2 is 2.20 bits per heavy atom. The van der Waals surface area contributed by atoms with Crippen molar-refractivity contribution in [2.75, 3.05) is 18.5 Å². The first-order valence-corrected chi connectivity index (χ1v) is 5.08. The Balaban J connectivity index is 3.03. The van der Waals surface area contributed by atoms with Crippen LogP contribution in [0.3, 0.4) is 0 Å². The monoisotopic (exact) mass is 204 g/mol. The molecular formula is C12H16N2O. The molecule has 0 atom stereocenters. The van der Waals surface area contributed by atoms with Gasteiger partial charge in [0.15, 0.2) is 0 Å². The lowest BCUT2D eigenvalue weighted by Gasteiger charge is -2.19. The van der Waals surface area contributed by atoms with Crippen LogP contribution < -0.4 is 4.90 Å². The van der Waals surface area contributed by atoms with Crippen molar-refractivity contribution in [3.8, 4) is 6.07 Å². The van der Waals surface area contributed by atoms with E-state index in [9.17, 15) is 0 Å². The first kappa shape index (κ1) is 11.5. The second kappa shape index (κ2) is 5.38. The van der Waals surface area contributed by atoms with Crippen LogP contribution in [-0.4, -0.2) is 18.7 Å². The van der Waals surface area contributed by atoms with Crippen molar-refractivity contribution < 1.29 is 5.11 Å². The van der Waals surface area contributed by atoms with Gasteiger partial charge >= 0.3 is 0 Å². The molecule has 80 valence electrons. The Hall–Kier alpha value is -1.53. The van der Waals surface area contributed by atoms with Crippen LogP contribution in [0.1, 0.15) is 24.5 Å². The zero-order valence-electron chi connectivity index (χ0n) is 9.20. The summed E-state index contributed by atoms with van der Waals surface area (Å²) in [6, 6.07) is 7.63. The molecule has 0 aromatic heterocycles. The van der Waals surface area contributed by atoms with Crippen molar-refractivity contribution in [2.24, 2.45) is 0 Å². The summed E-state index contributed by atoms with van der Waals surface area (Å²) >= 11 is 0. The summed E-state index contributed by atoms with van der Waals surface area (Å²) in [5.74, 6) is 0. The molecule has 0 unspecified atom stereocenters. The van der Waals surface area contributed by atoms with Gasteiger partial charge in [-0.05, 0) is 24.1 Å². The lowest BCUT2D eigenvalue weighted by molar-refractivity contribution is 0.282. The van der Waals surface area contributed by atoms with Crippen LogP contribution in [0.2, 0.25) is 0 Å². The summed E-state index contributed by atoms with van der Waals surface area (Å²) in [7, 11) is 1.97. The van der Waals surface area contributed by atoms with E-state index >= 15 is 0 Å². The molecule has 0 fully saturated rings. The number of nitriles is 1. The Morgan fingerprint density at radius 1 is 1.47 bits per heavy atom. The fourth-order valence-electron chi connectivity index (χ4n) is 1.56. The molecule has 0 amide bonds. The van der Waals surface area contributed by atoms with Gasteiger partial charge in [-0.2, -0.15) is 5.26 Å². The van der Waals surface area contributed by atoms with E-state index in [1.54, 1.807) is 6.07 Å². The number of anilines is 1. The van der Waals surface area contributed by atoms with E-state index in [0.717, 1.165) is 24.2 Å². The quantitative estimate of drug-likeness (QED) is 0.814. The lowest BCUT2D eigenvalue weighted by Crippen LogP contribution is -2.18. The van der Waals surface area contributed by atoms with Gasteiger partial charge < -0.3 is 10.0 Å². The fourth-order valence-corrected chi connectivity index (χ4v) is 1.56. The smallest absolute Gasteiger partial charge is 0.101 e. The van der Waals surface area contributed by atoms with Crippen molar-refractivity contribution in [2.45, 2.75) is 20.0 Å². The summed E-state index contributed by atoms with van der Waals surface area (Å²) in [5, 5.41) is 18.0. The molecular weight excluding hydrogens is 188 g/mol. The Morgan fingerprint density at radius 3 is 2.73 bits per heavy atom. The molecule has 3 nitrogen and oxygen atoms in total. The first-order chi connectivity index (χ1) is 7.22. The molecule has 3 heteroatoms. The van der Waals surface area contributed by atoms with E-state index in [4.69, 9.17) is 10.4 Å². The number of nitrogens with zero attached hydrogens (tertiary/aromatic N) is 2. The highest BCUT2D eigenvalue weighted by molar-refractivity contribution is 5.60. The van der Waals surface area contributed by atoms with Crippen LogP contribution in [0, 0.1) is 11.3 Å². The number of aliphatic hydroxyl groups is 1. The van der Waals surface area contributed by atoms with Gasteiger partial charge in [0.05, 0.1) is 17.9 Å². The Bertz CT molecular complexity index is 368. The lowest BCUT2D eigenvalue weighted by atomic mass is 10.1. The van der Waals surface area contributed by atoms with Gasteiger partial charge in [0.2, 0.25) is 0 Å². The van der Waals surface area contributed by atoms with Gasteiger partial charge in [-0.1, -0.05) is 13.0 Å². The maximum Gasteiger partial charge on any atom is 0.101 e. The summed E-state index contributed by atoms with van der Waals surface area (Å²) < 4.78 is 0. The van der Waals surface area contributed by atoms with Gasteiger partial charge in [0.25, 0.3) is 0 Å². The summed E-state index contributed by atoms with van der Waals surface area (Å²) in [6.07, 6.45) is 1.04. The van der Waals surface area contributed by atoms with E-state index < -0.39 is 0 Å². The number of hydrogen-bond donors (Lipinski definition) is 1. The molecule has 0 aliphatic rings. The van der Waals surface area contributed by atoms with Crippen LogP contribution >= 0.6 is 0 Å². The zero-order chi connectivity index (χ0) is 11.3. The molecule has 0 heterocycles. The molecule has 0 saturated heterocycles.